The molecule has 0 aliphatic carbocycles. The number of para-hydroxylation sites is 1. The minimum atomic E-state index is -0.941. The summed E-state index contributed by atoms with van der Waals surface area (Å²) in [6.07, 6.45) is 2.21. The molecule has 0 fully saturated rings. The quantitative estimate of drug-likeness (QED) is 0.563. The second kappa shape index (κ2) is 6.85. The maximum Gasteiger partial charge on any atom is 0.326 e. The number of carbonyl (C=O) groups excluding carboxylic acids is 1. The van der Waals surface area contributed by atoms with E-state index in [1.807, 2.05) is 49.5 Å². The van der Waals surface area contributed by atoms with E-state index in [2.05, 4.69) is 9.98 Å². The fourth-order valence-electron chi connectivity index (χ4n) is 3.18. The smallest absolute Gasteiger partial charge is 0.326 e. The van der Waals surface area contributed by atoms with Crippen LogP contribution in [0, 0.1) is 0 Å². The number of aliphatic carboxylic acids is 1. The Balaban J connectivity index is 1.89. The molecule has 0 spiro atoms. The van der Waals surface area contributed by atoms with E-state index >= 15 is 0 Å². The van der Waals surface area contributed by atoms with Crippen molar-refractivity contribution in [3.8, 4) is 0 Å². The Labute approximate surface area is 158 Å². The zero-order valence-electron chi connectivity index (χ0n) is 14.5. The molecule has 0 aliphatic heterocycles. The molecule has 0 bridgehead atoms. The molecule has 0 aliphatic rings. The standard InChI is InChI=1S/C20H17N3O3S/c1-2-15(19(25)26)23-16-5-3-4-6-17(16)27-20(23)22-18(24)13-7-8-14-12(11-13)9-10-21-14/h3-11,15,21H,2H2,1H3,(H,25,26)/b22-20+. The third-order valence-corrected chi connectivity index (χ3v) is 5.55. The SMILES string of the molecule is CCC(C(=O)O)n1/c(=N\C(=O)c2ccc3[nH]ccc3c2)sc2ccccc21. The predicted molar refractivity (Wildman–Crippen MR) is 105 cm³/mol. The molecule has 1 amide bonds. The summed E-state index contributed by atoms with van der Waals surface area (Å²) in [6.45, 7) is 1.81. The van der Waals surface area contributed by atoms with Crippen LogP contribution in [0.15, 0.2) is 59.7 Å². The van der Waals surface area contributed by atoms with Crippen molar-refractivity contribution in [3.63, 3.8) is 0 Å². The number of hydrogen-bond donors (Lipinski definition) is 2. The first-order valence-corrected chi connectivity index (χ1v) is 9.39. The number of benzene rings is 2. The van der Waals surface area contributed by atoms with Crippen LogP contribution in [-0.2, 0) is 4.79 Å². The number of fused-ring (bicyclic) bond motifs is 2. The number of aromatic nitrogens is 2. The maximum absolute atomic E-state index is 12.8. The third-order valence-electron chi connectivity index (χ3n) is 4.51. The van der Waals surface area contributed by atoms with Gasteiger partial charge in [-0.15, -0.1) is 0 Å². The molecule has 136 valence electrons. The summed E-state index contributed by atoms with van der Waals surface area (Å²) in [5.41, 5.74) is 2.18. The molecule has 0 saturated heterocycles. The van der Waals surface area contributed by atoms with E-state index in [9.17, 15) is 14.7 Å². The van der Waals surface area contributed by atoms with Crippen molar-refractivity contribution in [1.29, 1.82) is 0 Å². The number of H-pyrrole nitrogens is 1. The molecular weight excluding hydrogens is 362 g/mol. The summed E-state index contributed by atoms with van der Waals surface area (Å²) < 4.78 is 2.54. The molecule has 1 unspecified atom stereocenters. The Morgan fingerprint density at radius 3 is 2.81 bits per heavy atom. The lowest BCUT2D eigenvalue weighted by Gasteiger charge is -2.13. The van der Waals surface area contributed by atoms with Gasteiger partial charge < -0.3 is 14.7 Å². The van der Waals surface area contributed by atoms with Gasteiger partial charge in [0.15, 0.2) is 4.80 Å². The van der Waals surface area contributed by atoms with Crippen LogP contribution >= 0.6 is 11.3 Å². The number of carboxylic acid groups (broad SMARTS) is 1. The molecule has 2 aromatic carbocycles. The summed E-state index contributed by atoms with van der Waals surface area (Å²) in [4.78, 5) is 32.3. The van der Waals surface area contributed by atoms with Crippen molar-refractivity contribution in [1.82, 2.24) is 9.55 Å². The molecular formula is C20H17N3O3S. The van der Waals surface area contributed by atoms with Gasteiger partial charge in [-0.05, 0) is 42.8 Å². The monoisotopic (exact) mass is 379 g/mol. The fourth-order valence-corrected chi connectivity index (χ4v) is 4.24. The van der Waals surface area contributed by atoms with Crippen LogP contribution in [0.1, 0.15) is 29.7 Å². The highest BCUT2D eigenvalue weighted by molar-refractivity contribution is 7.16. The van der Waals surface area contributed by atoms with E-state index in [4.69, 9.17) is 0 Å². The maximum atomic E-state index is 12.8. The number of carbonyl (C=O) groups is 2. The van der Waals surface area contributed by atoms with E-state index in [1.165, 1.54) is 11.3 Å². The second-order valence-corrected chi connectivity index (χ2v) is 7.19. The highest BCUT2D eigenvalue weighted by atomic mass is 32.1. The van der Waals surface area contributed by atoms with Gasteiger partial charge >= 0.3 is 5.97 Å². The van der Waals surface area contributed by atoms with Crippen LogP contribution < -0.4 is 4.80 Å². The number of thiazole rings is 1. The van der Waals surface area contributed by atoms with Gasteiger partial charge in [0, 0.05) is 22.7 Å². The zero-order valence-corrected chi connectivity index (χ0v) is 15.4. The summed E-state index contributed by atoms with van der Waals surface area (Å²) in [7, 11) is 0. The number of rotatable bonds is 4. The minimum Gasteiger partial charge on any atom is -0.480 e. The Kier molecular flexibility index (Phi) is 4.37. The van der Waals surface area contributed by atoms with Gasteiger partial charge in [0.25, 0.3) is 5.91 Å². The molecule has 27 heavy (non-hydrogen) atoms. The van der Waals surface area contributed by atoms with Crippen molar-refractivity contribution in [2.24, 2.45) is 4.99 Å². The van der Waals surface area contributed by atoms with Gasteiger partial charge in [-0.1, -0.05) is 30.4 Å². The summed E-state index contributed by atoms with van der Waals surface area (Å²) in [5, 5.41) is 10.6. The summed E-state index contributed by atoms with van der Waals surface area (Å²) in [5.74, 6) is -1.33. The van der Waals surface area contributed by atoms with Gasteiger partial charge in [0.2, 0.25) is 0 Å². The van der Waals surface area contributed by atoms with Crippen LogP contribution in [-0.4, -0.2) is 26.5 Å². The first kappa shape index (κ1) is 17.2. The van der Waals surface area contributed by atoms with Crippen molar-refractivity contribution < 1.29 is 14.7 Å². The van der Waals surface area contributed by atoms with E-state index < -0.39 is 17.9 Å². The van der Waals surface area contributed by atoms with Crippen molar-refractivity contribution in [3.05, 3.63) is 65.1 Å². The van der Waals surface area contributed by atoms with Crippen LogP contribution in [0.4, 0.5) is 0 Å². The number of amides is 1. The Hall–Kier alpha value is -3.19. The molecule has 0 saturated carbocycles. The van der Waals surface area contributed by atoms with Gasteiger partial charge in [0.1, 0.15) is 6.04 Å². The van der Waals surface area contributed by atoms with Crippen molar-refractivity contribution in [2.75, 3.05) is 0 Å². The zero-order chi connectivity index (χ0) is 19.0. The number of aromatic amines is 1. The molecule has 4 rings (SSSR count). The molecule has 1 atom stereocenters. The second-order valence-electron chi connectivity index (χ2n) is 6.18. The van der Waals surface area contributed by atoms with Crippen LogP contribution in [0.5, 0.6) is 0 Å². The lowest BCUT2D eigenvalue weighted by molar-refractivity contribution is -0.140. The molecule has 4 aromatic rings. The van der Waals surface area contributed by atoms with E-state index in [0.29, 0.717) is 16.8 Å². The Bertz CT molecular complexity index is 1230. The van der Waals surface area contributed by atoms with Crippen molar-refractivity contribution >= 4 is 44.3 Å². The van der Waals surface area contributed by atoms with Crippen LogP contribution in [0.2, 0.25) is 0 Å². The van der Waals surface area contributed by atoms with Crippen molar-refractivity contribution in [2.45, 2.75) is 19.4 Å². The Morgan fingerprint density at radius 1 is 1.22 bits per heavy atom. The highest BCUT2D eigenvalue weighted by Gasteiger charge is 2.22. The lowest BCUT2D eigenvalue weighted by Crippen LogP contribution is -2.27. The Morgan fingerprint density at radius 2 is 2.04 bits per heavy atom. The molecule has 2 N–H and O–H groups in total. The van der Waals surface area contributed by atoms with Gasteiger partial charge in [-0.25, -0.2) is 4.79 Å². The number of carboxylic acids is 1. The summed E-state index contributed by atoms with van der Waals surface area (Å²) in [6, 6.07) is 13.9. The average Bonchev–Trinajstić information content (AvgIpc) is 3.26. The predicted octanol–water partition coefficient (Wildman–Crippen LogP) is 3.96. The largest absolute Gasteiger partial charge is 0.480 e. The molecule has 6 nitrogen and oxygen atoms in total. The molecule has 7 heteroatoms. The number of hydrogen-bond acceptors (Lipinski definition) is 3. The molecule has 2 heterocycles. The van der Waals surface area contributed by atoms with Gasteiger partial charge in [-0.3, -0.25) is 4.79 Å². The third kappa shape index (κ3) is 3.06. The van der Waals surface area contributed by atoms with Gasteiger partial charge in [-0.2, -0.15) is 4.99 Å². The average molecular weight is 379 g/mol. The molecule has 0 radical (unpaired) electrons. The van der Waals surface area contributed by atoms with E-state index in [0.717, 1.165) is 21.1 Å². The van der Waals surface area contributed by atoms with E-state index in [-0.39, 0.29) is 0 Å². The fraction of sp³-hybridized carbons (Fsp3) is 0.150. The number of nitrogens with one attached hydrogen (secondary N) is 1. The minimum absolute atomic E-state index is 0.390. The van der Waals surface area contributed by atoms with Crippen LogP contribution in [0.25, 0.3) is 21.1 Å². The highest BCUT2D eigenvalue weighted by Crippen LogP contribution is 2.23. The summed E-state index contributed by atoms with van der Waals surface area (Å²) >= 11 is 1.32. The van der Waals surface area contributed by atoms with Crippen LogP contribution in [0.3, 0.4) is 0 Å². The van der Waals surface area contributed by atoms with Gasteiger partial charge in [0.05, 0.1) is 10.2 Å². The van der Waals surface area contributed by atoms with E-state index in [1.54, 1.807) is 16.7 Å². The lowest BCUT2D eigenvalue weighted by atomic mass is 10.1. The number of nitrogens with zero attached hydrogens (tertiary/aromatic N) is 2. The topological polar surface area (TPSA) is 87.4 Å². The normalized spacial score (nSPS) is 13.3. The first-order valence-electron chi connectivity index (χ1n) is 8.57. The first-order chi connectivity index (χ1) is 13.1. The molecule has 2 aromatic heterocycles.